The topological polar surface area (TPSA) is 101 Å². The molecule has 1 aromatic heterocycles. The van der Waals surface area contributed by atoms with Gasteiger partial charge in [-0.2, -0.15) is 13.8 Å². The predicted molar refractivity (Wildman–Crippen MR) is 170 cm³/mol. The summed E-state index contributed by atoms with van der Waals surface area (Å²) < 4.78 is 43.6. The average molecular weight is 619 g/mol. The summed E-state index contributed by atoms with van der Waals surface area (Å²) in [4.78, 5) is 26.6. The van der Waals surface area contributed by atoms with Gasteiger partial charge in [-0.25, -0.2) is 4.98 Å². The summed E-state index contributed by atoms with van der Waals surface area (Å²) in [5, 5.41) is 5.99. The molecule has 0 saturated carbocycles. The van der Waals surface area contributed by atoms with Crippen molar-refractivity contribution in [3.63, 3.8) is 0 Å². The minimum Gasteiger partial charge on any atom is -0.490 e. The number of nitrogens with zero attached hydrogens (tertiary/aromatic N) is 4. The minimum atomic E-state index is -3.00. The van der Waals surface area contributed by atoms with Gasteiger partial charge in [0.2, 0.25) is 11.8 Å². The Hall–Kier alpha value is -4.97. The molecule has 0 aliphatic carbocycles. The molecule has 2 N–H and O–H groups in total. The second-order valence-electron chi connectivity index (χ2n) is 10.6. The molecule has 1 amide bonds. The summed E-state index contributed by atoms with van der Waals surface area (Å²) in [5.74, 6) is 0.453. The fourth-order valence-electron chi connectivity index (χ4n) is 4.99. The zero-order valence-corrected chi connectivity index (χ0v) is 25.6. The lowest BCUT2D eigenvalue weighted by molar-refractivity contribution is -0.0495. The van der Waals surface area contributed by atoms with Crippen LogP contribution in [0.1, 0.15) is 28.4 Å². The van der Waals surface area contributed by atoms with Gasteiger partial charge in [-0.3, -0.25) is 4.79 Å². The highest BCUT2D eigenvalue weighted by atomic mass is 19.3. The number of nitrogens with one attached hydrogen (secondary N) is 2. The van der Waals surface area contributed by atoms with E-state index in [4.69, 9.17) is 14.2 Å². The summed E-state index contributed by atoms with van der Waals surface area (Å²) in [5.41, 5.74) is 3.54. The normalized spacial score (nSPS) is 13.4. The van der Waals surface area contributed by atoms with Gasteiger partial charge in [0.25, 0.3) is 5.91 Å². The van der Waals surface area contributed by atoms with Crippen LogP contribution < -0.4 is 29.7 Å². The lowest BCUT2D eigenvalue weighted by atomic mass is 10.1. The van der Waals surface area contributed by atoms with E-state index in [1.807, 2.05) is 57.0 Å². The number of carbonyl (C=O) groups is 1. The molecule has 5 rings (SSSR count). The monoisotopic (exact) mass is 618 g/mol. The Labute approximate surface area is 261 Å². The smallest absolute Gasteiger partial charge is 0.387 e. The molecule has 236 valence electrons. The number of benzene rings is 3. The van der Waals surface area contributed by atoms with Crippen LogP contribution in [0.25, 0.3) is 0 Å². The maximum atomic E-state index is 13.5. The highest BCUT2D eigenvalue weighted by molar-refractivity contribution is 6.06. The molecule has 1 aliphatic heterocycles. The van der Waals surface area contributed by atoms with E-state index in [9.17, 15) is 13.6 Å². The third kappa shape index (κ3) is 7.76. The number of aromatic nitrogens is 2. The van der Waals surface area contributed by atoms with Crippen molar-refractivity contribution in [2.45, 2.75) is 27.4 Å². The number of hydrogen-bond acceptors (Lipinski definition) is 9. The lowest BCUT2D eigenvalue weighted by Crippen LogP contribution is -2.44. The Morgan fingerprint density at radius 1 is 0.956 bits per heavy atom. The molecule has 10 nitrogen and oxygen atoms in total. The summed E-state index contributed by atoms with van der Waals surface area (Å²) in [6.45, 7) is 6.05. The van der Waals surface area contributed by atoms with Gasteiger partial charge in [-0.15, -0.1) is 0 Å². The van der Waals surface area contributed by atoms with Crippen LogP contribution in [0, 0.1) is 13.8 Å². The number of alkyl halides is 2. The van der Waals surface area contributed by atoms with Crippen molar-refractivity contribution < 1.29 is 27.8 Å². The molecule has 1 aliphatic rings. The van der Waals surface area contributed by atoms with Crippen LogP contribution in [-0.2, 0) is 0 Å². The minimum absolute atomic E-state index is 0.0264. The fourth-order valence-corrected chi connectivity index (χ4v) is 4.99. The van der Waals surface area contributed by atoms with Gasteiger partial charge in [0.05, 0.1) is 12.3 Å². The third-order valence-corrected chi connectivity index (χ3v) is 7.35. The van der Waals surface area contributed by atoms with Crippen LogP contribution in [0.3, 0.4) is 0 Å². The second kappa shape index (κ2) is 14.2. The average Bonchev–Trinajstić information content (AvgIpc) is 3.01. The number of rotatable bonds is 11. The Bertz CT molecular complexity index is 1630. The zero-order valence-electron chi connectivity index (χ0n) is 25.6. The van der Waals surface area contributed by atoms with Crippen molar-refractivity contribution in [3.05, 3.63) is 83.6 Å². The number of hydrogen-bond donors (Lipinski definition) is 2. The van der Waals surface area contributed by atoms with Crippen LogP contribution in [-0.4, -0.2) is 67.2 Å². The standard InChI is InChI=1S/C33H36F2N6O4/c1-5-43-26-11-6-7-12-27(26)44-31-24(30(42)38-29-21(2)9-8-10-22(29)3)20-36-33(39-31)37-23-13-14-25(28(19-23)45-32(34)35)41-17-15-40(4)16-18-41/h6-14,19-20,32H,5,15-18H2,1-4H3,(H,38,42)(H,36,37,39). The van der Waals surface area contributed by atoms with Crippen LogP contribution in [0.4, 0.5) is 31.8 Å². The lowest BCUT2D eigenvalue weighted by Gasteiger charge is -2.34. The fraction of sp³-hybridized carbons (Fsp3) is 0.303. The number of anilines is 4. The predicted octanol–water partition coefficient (Wildman–Crippen LogP) is 6.63. The van der Waals surface area contributed by atoms with Crippen molar-refractivity contribution in [1.29, 1.82) is 0 Å². The Balaban J connectivity index is 1.47. The van der Waals surface area contributed by atoms with Crippen molar-refractivity contribution in [2.24, 2.45) is 0 Å². The molecule has 4 aromatic rings. The molecular formula is C33H36F2N6O4. The van der Waals surface area contributed by atoms with Crippen LogP contribution in [0.15, 0.2) is 66.9 Å². The summed E-state index contributed by atoms with van der Waals surface area (Å²) in [6.07, 6.45) is 1.35. The number of amides is 1. The van der Waals surface area contributed by atoms with Gasteiger partial charge in [0.1, 0.15) is 5.56 Å². The van der Waals surface area contributed by atoms with Gasteiger partial charge in [0.15, 0.2) is 17.2 Å². The van der Waals surface area contributed by atoms with Gasteiger partial charge in [-0.1, -0.05) is 30.3 Å². The van der Waals surface area contributed by atoms with E-state index in [0.29, 0.717) is 48.3 Å². The first kappa shape index (κ1) is 31.5. The molecular weight excluding hydrogens is 582 g/mol. The number of para-hydroxylation sites is 3. The highest BCUT2D eigenvalue weighted by Crippen LogP contribution is 2.36. The molecule has 0 spiro atoms. The van der Waals surface area contributed by atoms with E-state index < -0.39 is 12.5 Å². The third-order valence-electron chi connectivity index (χ3n) is 7.35. The molecule has 0 bridgehead atoms. The van der Waals surface area contributed by atoms with E-state index in [0.717, 1.165) is 24.2 Å². The molecule has 1 saturated heterocycles. The molecule has 3 aromatic carbocycles. The maximum Gasteiger partial charge on any atom is 0.387 e. The van der Waals surface area contributed by atoms with Crippen molar-refractivity contribution in [1.82, 2.24) is 14.9 Å². The van der Waals surface area contributed by atoms with Gasteiger partial charge in [-0.05, 0) is 63.2 Å². The quantitative estimate of drug-likeness (QED) is 0.192. The molecule has 2 heterocycles. The van der Waals surface area contributed by atoms with Gasteiger partial charge < -0.3 is 34.6 Å². The van der Waals surface area contributed by atoms with E-state index >= 15 is 0 Å². The van der Waals surface area contributed by atoms with Crippen LogP contribution >= 0.6 is 0 Å². The number of ether oxygens (including phenoxy) is 3. The van der Waals surface area contributed by atoms with E-state index in [1.54, 1.807) is 30.3 Å². The number of aryl methyl sites for hydroxylation is 2. The zero-order chi connectivity index (χ0) is 31.9. The first-order valence-electron chi connectivity index (χ1n) is 14.7. The second-order valence-corrected chi connectivity index (χ2v) is 10.6. The van der Waals surface area contributed by atoms with Crippen LogP contribution in [0.5, 0.6) is 23.1 Å². The number of piperazine rings is 1. The first-order valence-corrected chi connectivity index (χ1v) is 14.7. The Kier molecular flexibility index (Phi) is 9.93. The van der Waals surface area contributed by atoms with E-state index in [1.165, 1.54) is 12.3 Å². The van der Waals surface area contributed by atoms with Crippen molar-refractivity contribution >= 4 is 28.9 Å². The van der Waals surface area contributed by atoms with Crippen molar-refractivity contribution in [3.8, 4) is 23.1 Å². The molecule has 0 radical (unpaired) electrons. The summed E-state index contributed by atoms with van der Waals surface area (Å²) in [6, 6.07) is 17.7. The number of halogens is 2. The van der Waals surface area contributed by atoms with Crippen molar-refractivity contribution in [2.75, 3.05) is 55.4 Å². The number of carbonyl (C=O) groups excluding carboxylic acids is 1. The molecule has 12 heteroatoms. The number of likely N-dealkylation sites (N-methyl/N-ethyl adjacent to an activating group) is 1. The SMILES string of the molecule is CCOc1ccccc1Oc1nc(Nc2ccc(N3CCN(C)CC3)c(OC(F)F)c2)ncc1C(=O)Nc1c(C)cccc1C. The Morgan fingerprint density at radius 2 is 1.67 bits per heavy atom. The van der Waals surface area contributed by atoms with Gasteiger partial charge >= 0.3 is 6.61 Å². The van der Waals surface area contributed by atoms with E-state index in [2.05, 4.69) is 25.5 Å². The summed E-state index contributed by atoms with van der Waals surface area (Å²) >= 11 is 0. The first-order chi connectivity index (χ1) is 21.7. The Morgan fingerprint density at radius 3 is 2.36 bits per heavy atom. The van der Waals surface area contributed by atoms with Crippen LogP contribution in [0.2, 0.25) is 0 Å². The molecule has 0 atom stereocenters. The van der Waals surface area contributed by atoms with E-state index in [-0.39, 0.29) is 23.1 Å². The van der Waals surface area contributed by atoms with Gasteiger partial charge in [0, 0.05) is 49.8 Å². The largest absolute Gasteiger partial charge is 0.490 e. The molecule has 0 unspecified atom stereocenters. The highest BCUT2D eigenvalue weighted by Gasteiger charge is 2.22. The molecule has 1 fully saturated rings. The maximum absolute atomic E-state index is 13.5. The molecule has 45 heavy (non-hydrogen) atoms. The summed E-state index contributed by atoms with van der Waals surface area (Å²) in [7, 11) is 2.02.